The number of ether oxygens (including phenoxy) is 2. The van der Waals surface area contributed by atoms with E-state index in [2.05, 4.69) is 5.43 Å². The summed E-state index contributed by atoms with van der Waals surface area (Å²) in [5.74, 6) is 4.86. The molecule has 0 saturated carbocycles. The van der Waals surface area contributed by atoms with Crippen molar-refractivity contribution in [2.75, 3.05) is 13.2 Å². The molecular formula is C15H22N2O3. The van der Waals surface area contributed by atoms with Crippen LogP contribution in [0.5, 0.6) is 0 Å². The van der Waals surface area contributed by atoms with Crippen LogP contribution >= 0.6 is 0 Å². The van der Waals surface area contributed by atoms with E-state index in [1.807, 2.05) is 24.3 Å². The molecule has 1 fully saturated rings. The van der Waals surface area contributed by atoms with Crippen LogP contribution in [0.2, 0.25) is 0 Å². The molecule has 0 aromatic heterocycles. The molecule has 5 nitrogen and oxygen atoms in total. The smallest absolute Gasteiger partial charge is 0.238 e. The van der Waals surface area contributed by atoms with Crippen LogP contribution in [0.3, 0.4) is 0 Å². The lowest BCUT2D eigenvalue weighted by atomic mass is 10.1. The second kappa shape index (κ2) is 7.99. The standard InChI is InChI=1S/C15H22N2O3/c16-17-15(18)9-12-4-6-13(7-5-12)10-19-11-14-3-1-2-8-20-14/h4-7,14H,1-3,8-11,16H2,(H,17,18). The van der Waals surface area contributed by atoms with E-state index in [-0.39, 0.29) is 12.0 Å². The molecule has 5 heteroatoms. The summed E-state index contributed by atoms with van der Waals surface area (Å²) < 4.78 is 11.3. The van der Waals surface area contributed by atoms with Crippen molar-refractivity contribution in [1.29, 1.82) is 0 Å². The normalized spacial score (nSPS) is 18.8. The molecule has 2 rings (SSSR count). The van der Waals surface area contributed by atoms with Crippen molar-refractivity contribution in [3.05, 3.63) is 35.4 Å². The molecule has 1 saturated heterocycles. The van der Waals surface area contributed by atoms with Gasteiger partial charge < -0.3 is 9.47 Å². The average Bonchev–Trinajstić information content (AvgIpc) is 2.50. The molecule has 1 atom stereocenters. The second-order valence-corrected chi connectivity index (χ2v) is 5.06. The summed E-state index contributed by atoms with van der Waals surface area (Å²) in [6, 6.07) is 7.79. The number of rotatable bonds is 6. The fourth-order valence-corrected chi connectivity index (χ4v) is 2.24. The Kier molecular flexibility index (Phi) is 5.98. The lowest BCUT2D eigenvalue weighted by Crippen LogP contribution is -2.31. The van der Waals surface area contributed by atoms with Gasteiger partial charge in [-0.15, -0.1) is 0 Å². The highest BCUT2D eigenvalue weighted by atomic mass is 16.5. The number of carbonyl (C=O) groups is 1. The molecule has 1 aromatic rings. The molecule has 0 bridgehead atoms. The molecule has 1 aliphatic heterocycles. The van der Waals surface area contributed by atoms with Crippen molar-refractivity contribution in [3.63, 3.8) is 0 Å². The molecule has 0 spiro atoms. The molecule has 1 aromatic carbocycles. The monoisotopic (exact) mass is 278 g/mol. The topological polar surface area (TPSA) is 73.6 Å². The number of carbonyl (C=O) groups excluding carboxylic acids is 1. The number of hydrogen-bond donors (Lipinski definition) is 2. The molecule has 1 unspecified atom stereocenters. The van der Waals surface area contributed by atoms with Gasteiger partial charge in [-0.25, -0.2) is 5.84 Å². The minimum absolute atomic E-state index is 0.191. The zero-order valence-electron chi connectivity index (χ0n) is 11.6. The second-order valence-electron chi connectivity index (χ2n) is 5.06. The van der Waals surface area contributed by atoms with Crippen LogP contribution in [0.4, 0.5) is 0 Å². The van der Waals surface area contributed by atoms with Gasteiger partial charge in [0.2, 0.25) is 5.91 Å². The molecule has 0 aliphatic carbocycles. The molecule has 3 N–H and O–H groups in total. The Balaban J connectivity index is 1.71. The lowest BCUT2D eigenvalue weighted by molar-refractivity contribution is -0.120. The van der Waals surface area contributed by atoms with Crippen LogP contribution in [-0.2, 0) is 27.3 Å². The van der Waals surface area contributed by atoms with E-state index >= 15 is 0 Å². The number of nitrogens with two attached hydrogens (primary N) is 1. The lowest BCUT2D eigenvalue weighted by Gasteiger charge is -2.22. The predicted octanol–water partition coefficient (Wildman–Crippen LogP) is 1.30. The third-order valence-corrected chi connectivity index (χ3v) is 3.40. The summed E-state index contributed by atoms with van der Waals surface area (Å²) in [5, 5.41) is 0. The van der Waals surface area contributed by atoms with E-state index in [4.69, 9.17) is 15.3 Å². The average molecular weight is 278 g/mol. The third kappa shape index (κ3) is 4.92. The summed E-state index contributed by atoms with van der Waals surface area (Å²) >= 11 is 0. The molecule has 1 aliphatic rings. The van der Waals surface area contributed by atoms with Gasteiger partial charge in [0.05, 0.1) is 25.7 Å². The number of hydrazine groups is 1. The van der Waals surface area contributed by atoms with Crippen molar-refractivity contribution in [2.24, 2.45) is 5.84 Å². The Labute approximate surface area is 119 Å². The first-order chi connectivity index (χ1) is 9.78. The number of nitrogens with one attached hydrogen (secondary N) is 1. The van der Waals surface area contributed by atoms with Gasteiger partial charge in [0.15, 0.2) is 0 Å². The Hall–Kier alpha value is -1.43. The highest BCUT2D eigenvalue weighted by Crippen LogP contribution is 2.14. The quantitative estimate of drug-likeness (QED) is 0.467. The van der Waals surface area contributed by atoms with Gasteiger partial charge >= 0.3 is 0 Å². The van der Waals surface area contributed by atoms with Gasteiger partial charge in [-0.1, -0.05) is 24.3 Å². The van der Waals surface area contributed by atoms with Gasteiger partial charge in [0.25, 0.3) is 0 Å². The Morgan fingerprint density at radius 2 is 2.05 bits per heavy atom. The summed E-state index contributed by atoms with van der Waals surface area (Å²) in [7, 11) is 0. The first kappa shape index (κ1) is 15.0. The zero-order chi connectivity index (χ0) is 14.2. The highest BCUT2D eigenvalue weighted by molar-refractivity contribution is 5.77. The van der Waals surface area contributed by atoms with Gasteiger partial charge in [0, 0.05) is 6.61 Å². The van der Waals surface area contributed by atoms with Crippen LogP contribution in [-0.4, -0.2) is 25.2 Å². The van der Waals surface area contributed by atoms with E-state index in [1.54, 1.807) is 0 Å². The number of amides is 1. The summed E-state index contributed by atoms with van der Waals surface area (Å²) in [5.41, 5.74) is 4.15. The zero-order valence-corrected chi connectivity index (χ0v) is 11.6. The van der Waals surface area contributed by atoms with Crippen LogP contribution < -0.4 is 11.3 Å². The Morgan fingerprint density at radius 3 is 2.70 bits per heavy atom. The maximum atomic E-state index is 11.1. The van der Waals surface area contributed by atoms with Crippen molar-refractivity contribution in [1.82, 2.24) is 5.43 Å². The predicted molar refractivity (Wildman–Crippen MR) is 75.7 cm³/mol. The maximum absolute atomic E-state index is 11.1. The van der Waals surface area contributed by atoms with Crippen molar-refractivity contribution < 1.29 is 14.3 Å². The van der Waals surface area contributed by atoms with Crippen molar-refractivity contribution >= 4 is 5.91 Å². The van der Waals surface area contributed by atoms with E-state index in [0.717, 1.165) is 30.6 Å². The SMILES string of the molecule is NNC(=O)Cc1ccc(COCC2CCCCO2)cc1. The minimum atomic E-state index is -0.191. The van der Waals surface area contributed by atoms with Crippen LogP contribution in [0.15, 0.2) is 24.3 Å². The first-order valence-corrected chi connectivity index (χ1v) is 7.04. The minimum Gasteiger partial charge on any atom is -0.376 e. The Morgan fingerprint density at radius 1 is 1.30 bits per heavy atom. The first-order valence-electron chi connectivity index (χ1n) is 7.04. The van der Waals surface area contributed by atoms with Crippen LogP contribution in [0.25, 0.3) is 0 Å². The molecule has 110 valence electrons. The largest absolute Gasteiger partial charge is 0.376 e. The van der Waals surface area contributed by atoms with Crippen LogP contribution in [0.1, 0.15) is 30.4 Å². The number of hydrogen-bond acceptors (Lipinski definition) is 4. The van der Waals surface area contributed by atoms with Gasteiger partial charge in [-0.2, -0.15) is 0 Å². The summed E-state index contributed by atoms with van der Waals surface area (Å²) in [6.45, 7) is 2.08. The Bertz CT molecular complexity index is 414. The molecule has 20 heavy (non-hydrogen) atoms. The third-order valence-electron chi connectivity index (χ3n) is 3.40. The molecule has 0 radical (unpaired) electrons. The van der Waals surface area contributed by atoms with Gasteiger partial charge in [-0.3, -0.25) is 10.2 Å². The van der Waals surface area contributed by atoms with Gasteiger partial charge in [-0.05, 0) is 30.4 Å². The van der Waals surface area contributed by atoms with Crippen molar-refractivity contribution in [2.45, 2.75) is 38.4 Å². The molecular weight excluding hydrogens is 256 g/mol. The fraction of sp³-hybridized carbons (Fsp3) is 0.533. The summed E-state index contributed by atoms with van der Waals surface area (Å²) in [6.07, 6.45) is 4.03. The fourth-order valence-electron chi connectivity index (χ4n) is 2.24. The van der Waals surface area contributed by atoms with E-state index in [1.165, 1.54) is 6.42 Å². The summed E-state index contributed by atoms with van der Waals surface area (Å²) in [4.78, 5) is 11.1. The molecule has 1 heterocycles. The van der Waals surface area contributed by atoms with E-state index in [0.29, 0.717) is 19.6 Å². The number of benzene rings is 1. The van der Waals surface area contributed by atoms with Crippen molar-refractivity contribution in [3.8, 4) is 0 Å². The highest BCUT2D eigenvalue weighted by Gasteiger charge is 2.13. The maximum Gasteiger partial charge on any atom is 0.238 e. The van der Waals surface area contributed by atoms with Gasteiger partial charge in [0.1, 0.15) is 0 Å². The van der Waals surface area contributed by atoms with E-state index in [9.17, 15) is 4.79 Å². The van der Waals surface area contributed by atoms with Crippen LogP contribution in [0, 0.1) is 0 Å². The molecule has 1 amide bonds. The van der Waals surface area contributed by atoms with E-state index < -0.39 is 0 Å².